The number of hydrogen-bond donors (Lipinski definition) is 1. The van der Waals surface area contributed by atoms with E-state index in [-0.39, 0.29) is 0 Å². The molecule has 1 saturated heterocycles. The topological polar surface area (TPSA) is 24.5 Å². The molecule has 1 fully saturated rings. The highest BCUT2D eigenvalue weighted by atomic mass is 16.5. The maximum atomic E-state index is 5.45. The minimum Gasteiger partial charge on any atom is -0.494 e. The van der Waals surface area contributed by atoms with E-state index in [1.807, 2.05) is 6.92 Å². The monoisotopic (exact) mass is 234 g/mol. The van der Waals surface area contributed by atoms with E-state index in [4.69, 9.17) is 4.74 Å². The molecule has 0 spiro atoms. The number of nitrogens with one attached hydrogen (secondary N) is 1. The van der Waals surface area contributed by atoms with Crippen molar-refractivity contribution in [3.63, 3.8) is 0 Å². The Hall–Kier alpha value is -1.06. The summed E-state index contributed by atoms with van der Waals surface area (Å²) in [5.74, 6) is 0.963. The highest BCUT2D eigenvalue weighted by Gasteiger charge is 2.17. The summed E-state index contributed by atoms with van der Waals surface area (Å²) < 4.78 is 5.45. The molecular formula is C14H22N2O. The van der Waals surface area contributed by atoms with Crippen LogP contribution in [0.25, 0.3) is 0 Å². The van der Waals surface area contributed by atoms with Crippen molar-refractivity contribution in [3.8, 4) is 5.75 Å². The first kappa shape index (κ1) is 12.4. The number of piperazine rings is 1. The first-order chi connectivity index (χ1) is 8.29. The van der Waals surface area contributed by atoms with Crippen molar-refractivity contribution >= 4 is 0 Å². The van der Waals surface area contributed by atoms with Gasteiger partial charge in [0.15, 0.2) is 0 Å². The lowest BCUT2D eigenvalue weighted by atomic mass is 10.1. The second-order valence-corrected chi connectivity index (χ2v) is 4.60. The molecule has 0 radical (unpaired) electrons. The van der Waals surface area contributed by atoms with Crippen molar-refractivity contribution < 1.29 is 4.74 Å². The fourth-order valence-electron chi connectivity index (χ4n) is 2.21. The molecule has 3 nitrogen and oxygen atoms in total. The van der Waals surface area contributed by atoms with Crippen LogP contribution < -0.4 is 10.1 Å². The van der Waals surface area contributed by atoms with Gasteiger partial charge in [0.05, 0.1) is 6.61 Å². The summed E-state index contributed by atoms with van der Waals surface area (Å²) in [7, 11) is 0. The van der Waals surface area contributed by atoms with Gasteiger partial charge in [0.2, 0.25) is 0 Å². The first-order valence-electron chi connectivity index (χ1n) is 6.46. The molecule has 94 valence electrons. The van der Waals surface area contributed by atoms with Crippen LogP contribution in [0.1, 0.15) is 19.4 Å². The molecule has 0 amide bonds. The van der Waals surface area contributed by atoms with Gasteiger partial charge in [-0.1, -0.05) is 12.1 Å². The Morgan fingerprint density at radius 1 is 1.35 bits per heavy atom. The molecule has 0 aromatic heterocycles. The molecule has 0 saturated carbocycles. The van der Waals surface area contributed by atoms with E-state index in [0.717, 1.165) is 38.5 Å². The Bertz CT molecular complexity index is 337. The second kappa shape index (κ2) is 6.03. The van der Waals surface area contributed by atoms with Crippen LogP contribution in [0.4, 0.5) is 0 Å². The number of ether oxygens (including phenoxy) is 1. The molecule has 1 aromatic rings. The zero-order chi connectivity index (χ0) is 12.1. The van der Waals surface area contributed by atoms with E-state index >= 15 is 0 Å². The predicted octanol–water partition coefficient (Wildman–Crippen LogP) is 1.88. The summed E-state index contributed by atoms with van der Waals surface area (Å²) >= 11 is 0. The summed E-state index contributed by atoms with van der Waals surface area (Å²) in [4.78, 5) is 2.52. The summed E-state index contributed by atoms with van der Waals surface area (Å²) in [6.45, 7) is 9.38. The Labute approximate surface area is 104 Å². The van der Waals surface area contributed by atoms with Crippen molar-refractivity contribution in [2.75, 3.05) is 26.2 Å². The lowest BCUT2D eigenvalue weighted by Crippen LogP contribution is -2.49. The van der Waals surface area contributed by atoms with Crippen molar-refractivity contribution in [2.45, 2.75) is 26.4 Å². The molecule has 0 bridgehead atoms. The standard InChI is InChI=1S/C14H22N2O/c1-3-17-14-6-4-13(5-7-14)11-16-9-8-15-10-12(16)2/h4-7,12,15H,3,8-11H2,1-2H3/t12-/m1/s1. The molecule has 0 unspecified atom stereocenters. The van der Waals surface area contributed by atoms with Crippen molar-refractivity contribution in [1.29, 1.82) is 0 Å². The molecule has 1 aliphatic heterocycles. The quantitative estimate of drug-likeness (QED) is 0.861. The third-order valence-electron chi connectivity index (χ3n) is 3.26. The van der Waals surface area contributed by atoms with E-state index in [1.54, 1.807) is 0 Å². The van der Waals surface area contributed by atoms with Gasteiger partial charge in [-0.15, -0.1) is 0 Å². The third kappa shape index (κ3) is 3.45. The van der Waals surface area contributed by atoms with Gasteiger partial charge in [0.25, 0.3) is 0 Å². The number of rotatable bonds is 4. The highest BCUT2D eigenvalue weighted by Crippen LogP contribution is 2.15. The molecule has 0 aliphatic carbocycles. The minimum absolute atomic E-state index is 0.621. The summed E-state index contributed by atoms with van der Waals surface area (Å²) in [5, 5.41) is 3.41. The highest BCUT2D eigenvalue weighted by molar-refractivity contribution is 5.27. The van der Waals surface area contributed by atoms with Crippen molar-refractivity contribution in [2.24, 2.45) is 0 Å². The van der Waals surface area contributed by atoms with Crippen LogP contribution in [0.3, 0.4) is 0 Å². The number of hydrogen-bond acceptors (Lipinski definition) is 3. The van der Waals surface area contributed by atoms with E-state index in [1.165, 1.54) is 5.56 Å². The molecule has 3 heteroatoms. The van der Waals surface area contributed by atoms with Gasteiger partial charge in [-0.2, -0.15) is 0 Å². The summed E-state index contributed by atoms with van der Waals surface area (Å²) in [6, 6.07) is 9.08. The fourth-order valence-corrected chi connectivity index (χ4v) is 2.21. The Balaban J connectivity index is 1.93. The van der Waals surface area contributed by atoms with Crippen LogP contribution >= 0.6 is 0 Å². The molecule has 1 N–H and O–H groups in total. The molecular weight excluding hydrogens is 212 g/mol. The minimum atomic E-state index is 0.621. The van der Waals surface area contributed by atoms with Gasteiger partial charge in [-0.25, -0.2) is 0 Å². The van der Waals surface area contributed by atoms with Gasteiger partial charge < -0.3 is 10.1 Å². The smallest absolute Gasteiger partial charge is 0.119 e. The largest absolute Gasteiger partial charge is 0.494 e. The molecule has 17 heavy (non-hydrogen) atoms. The van der Waals surface area contributed by atoms with E-state index in [0.29, 0.717) is 6.04 Å². The van der Waals surface area contributed by atoms with Crippen molar-refractivity contribution in [1.82, 2.24) is 10.2 Å². The van der Waals surface area contributed by atoms with Crippen LogP contribution in [0, 0.1) is 0 Å². The molecule has 1 aliphatic rings. The Morgan fingerprint density at radius 3 is 2.76 bits per heavy atom. The molecule has 1 atom stereocenters. The van der Waals surface area contributed by atoms with Gasteiger partial charge in [0, 0.05) is 32.2 Å². The Morgan fingerprint density at radius 2 is 2.12 bits per heavy atom. The van der Waals surface area contributed by atoms with E-state index < -0.39 is 0 Å². The van der Waals surface area contributed by atoms with E-state index in [2.05, 4.69) is 41.4 Å². The maximum absolute atomic E-state index is 5.45. The van der Waals surface area contributed by atoms with Crippen LogP contribution in [-0.2, 0) is 6.54 Å². The zero-order valence-electron chi connectivity index (χ0n) is 10.8. The zero-order valence-corrected chi connectivity index (χ0v) is 10.8. The second-order valence-electron chi connectivity index (χ2n) is 4.60. The SMILES string of the molecule is CCOc1ccc(CN2CCNC[C@H]2C)cc1. The maximum Gasteiger partial charge on any atom is 0.119 e. The first-order valence-corrected chi connectivity index (χ1v) is 6.46. The molecule has 2 rings (SSSR count). The average molecular weight is 234 g/mol. The molecule has 1 heterocycles. The van der Waals surface area contributed by atoms with Crippen LogP contribution in [0.5, 0.6) is 5.75 Å². The fraction of sp³-hybridized carbons (Fsp3) is 0.571. The number of benzene rings is 1. The van der Waals surface area contributed by atoms with Crippen LogP contribution in [-0.4, -0.2) is 37.2 Å². The van der Waals surface area contributed by atoms with Gasteiger partial charge >= 0.3 is 0 Å². The lowest BCUT2D eigenvalue weighted by Gasteiger charge is -2.33. The normalized spacial score (nSPS) is 21.4. The van der Waals surface area contributed by atoms with Gasteiger partial charge in [-0.3, -0.25) is 4.90 Å². The van der Waals surface area contributed by atoms with Crippen molar-refractivity contribution in [3.05, 3.63) is 29.8 Å². The predicted molar refractivity (Wildman–Crippen MR) is 70.4 cm³/mol. The number of nitrogens with zero attached hydrogens (tertiary/aromatic N) is 1. The van der Waals surface area contributed by atoms with Crippen LogP contribution in [0.15, 0.2) is 24.3 Å². The summed E-state index contributed by atoms with van der Waals surface area (Å²) in [6.07, 6.45) is 0. The van der Waals surface area contributed by atoms with E-state index in [9.17, 15) is 0 Å². The summed E-state index contributed by atoms with van der Waals surface area (Å²) in [5.41, 5.74) is 1.36. The molecule has 1 aromatic carbocycles. The Kier molecular flexibility index (Phi) is 4.40. The van der Waals surface area contributed by atoms with Gasteiger partial charge in [-0.05, 0) is 31.5 Å². The van der Waals surface area contributed by atoms with Crippen LogP contribution in [0.2, 0.25) is 0 Å². The lowest BCUT2D eigenvalue weighted by molar-refractivity contribution is 0.165. The third-order valence-corrected chi connectivity index (χ3v) is 3.26. The average Bonchev–Trinajstić information content (AvgIpc) is 2.35. The van der Waals surface area contributed by atoms with Gasteiger partial charge in [0.1, 0.15) is 5.75 Å².